The first-order valence-electron chi connectivity index (χ1n) is 5.49. The molecule has 0 amide bonds. The van der Waals surface area contributed by atoms with Gasteiger partial charge in [-0.3, -0.25) is 4.98 Å². The lowest BCUT2D eigenvalue weighted by atomic mass is 10.2. The average molecular weight is 253 g/mol. The summed E-state index contributed by atoms with van der Waals surface area (Å²) in [4.78, 5) is 4.00. The number of rotatable bonds is 1. The highest BCUT2D eigenvalue weighted by Gasteiger charge is 2.12. The molecule has 2 N–H and O–H groups in total. The van der Waals surface area contributed by atoms with E-state index in [9.17, 15) is 4.39 Å². The van der Waals surface area contributed by atoms with Gasteiger partial charge in [0, 0.05) is 11.6 Å². The number of aromatic nitrogens is 3. The normalized spacial score (nSPS) is 10.5. The Kier molecular flexibility index (Phi) is 2.39. The quantitative estimate of drug-likeness (QED) is 0.719. The van der Waals surface area contributed by atoms with Crippen molar-refractivity contribution in [3.8, 4) is 11.8 Å². The second kappa shape index (κ2) is 4.07. The third-order valence-corrected chi connectivity index (χ3v) is 2.85. The van der Waals surface area contributed by atoms with Crippen molar-refractivity contribution in [1.29, 1.82) is 5.26 Å². The molecule has 0 saturated heterocycles. The van der Waals surface area contributed by atoms with Crippen molar-refractivity contribution < 1.29 is 4.39 Å². The summed E-state index contributed by atoms with van der Waals surface area (Å²) in [5.74, 6) is -0.190. The van der Waals surface area contributed by atoms with Crippen LogP contribution in [0.25, 0.3) is 16.6 Å². The molecule has 0 fully saturated rings. The molecule has 0 aliphatic rings. The fourth-order valence-electron chi connectivity index (χ4n) is 1.95. The monoisotopic (exact) mass is 253 g/mol. The van der Waals surface area contributed by atoms with Crippen molar-refractivity contribution >= 4 is 16.7 Å². The number of para-hydroxylation sites is 1. The van der Waals surface area contributed by atoms with Crippen LogP contribution in [0.2, 0.25) is 0 Å². The Morgan fingerprint density at radius 1 is 1.32 bits per heavy atom. The van der Waals surface area contributed by atoms with Gasteiger partial charge in [0.2, 0.25) is 0 Å². The lowest BCUT2D eigenvalue weighted by Gasteiger charge is -2.08. The van der Waals surface area contributed by atoms with Crippen LogP contribution in [-0.2, 0) is 0 Å². The van der Waals surface area contributed by atoms with Gasteiger partial charge in [-0.05, 0) is 12.1 Å². The van der Waals surface area contributed by atoms with Crippen LogP contribution in [0.3, 0.4) is 0 Å². The Balaban J connectivity index is 2.35. The van der Waals surface area contributed by atoms with Crippen molar-refractivity contribution in [2.24, 2.45) is 0 Å². The zero-order valence-corrected chi connectivity index (χ0v) is 9.71. The minimum absolute atomic E-state index is 0.222. The zero-order valence-electron chi connectivity index (χ0n) is 9.71. The first kappa shape index (κ1) is 11.2. The van der Waals surface area contributed by atoms with Crippen LogP contribution in [0.4, 0.5) is 10.2 Å². The molecule has 0 radical (unpaired) electrons. The number of benzene rings is 1. The van der Waals surface area contributed by atoms with Crippen LogP contribution in [0.15, 0.2) is 36.7 Å². The van der Waals surface area contributed by atoms with Crippen molar-refractivity contribution in [3.05, 3.63) is 48.0 Å². The van der Waals surface area contributed by atoms with Crippen LogP contribution < -0.4 is 5.73 Å². The molecule has 19 heavy (non-hydrogen) atoms. The lowest BCUT2D eigenvalue weighted by Crippen LogP contribution is -2.04. The number of nitrogen functional groups attached to an aromatic ring is 1. The summed E-state index contributed by atoms with van der Waals surface area (Å²) in [5, 5.41) is 13.5. The molecular weight excluding hydrogens is 245 g/mol. The molecule has 0 atom stereocenters. The Morgan fingerprint density at radius 3 is 2.89 bits per heavy atom. The van der Waals surface area contributed by atoms with E-state index in [-0.39, 0.29) is 16.9 Å². The van der Waals surface area contributed by atoms with E-state index in [1.807, 2.05) is 6.07 Å². The van der Waals surface area contributed by atoms with Gasteiger partial charge in [-0.15, -0.1) is 0 Å². The van der Waals surface area contributed by atoms with E-state index in [1.54, 1.807) is 18.2 Å². The number of nitrogens with two attached hydrogens (primary N) is 1. The lowest BCUT2D eigenvalue weighted by molar-refractivity contribution is 0.636. The number of pyridine rings is 1. The van der Waals surface area contributed by atoms with Crippen molar-refractivity contribution in [1.82, 2.24) is 14.8 Å². The number of halogens is 1. The van der Waals surface area contributed by atoms with Crippen molar-refractivity contribution in [2.45, 2.75) is 0 Å². The topological polar surface area (TPSA) is 80.5 Å². The molecule has 0 saturated carbocycles. The summed E-state index contributed by atoms with van der Waals surface area (Å²) in [5.41, 5.74) is 6.95. The Morgan fingerprint density at radius 2 is 2.16 bits per heavy atom. The molecule has 2 heterocycles. The first-order valence-corrected chi connectivity index (χ1v) is 5.49. The van der Waals surface area contributed by atoms with Gasteiger partial charge in [0.1, 0.15) is 28.8 Å². The highest BCUT2D eigenvalue weighted by atomic mass is 19.1. The van der Waals surface area contributed by atoms with E-state index in [2.05, 4.69) is 10.1 Å². The molecule has 3 aromatic rings. The third kappa shape index (κ3) is 1.60. The van der Waals surface area contributed by atoms with Gasteiger partial charge in [0.15, 0.2) is 0 Å². The smallest absolute Gasteiger partial charge is 0.149 e. The maximum atomic E-state index is 13.7. The second-order valence-corrected chi connectivity index (χ2v) is 3.93. The maximum Gasteiger partial charge on any atom is 0.149 e. The predicted molar refractivity (Wildman–Crippen MR) is 68.0 cm³/mol. The summed E-state index contributed by atoms with van der Waals surface area (Å²) in [6, 6.07) is 8.28. The van der Waals surface area contributed by atoms with Crippen LogP contribution >= 0.6 is 0 Å². The molecule has 0 unspecified atom stereocenters. The van der Waals surface area contributed by atoms with Gasteiger partial charge in [-0.2, -0.15) is 10.4 Å². The molecule has 6 heteroatoms. The predicted octanol–water partition coefficient (Wildman–Crippen LogP) is 2.01. The van der Waals surface area contributed by atoms with Gasteiger partial charge >= 0.3 is 0 Å². The van der Waals surface area contributed by atoms with E-state index in [0.29, 0.717) is 11.1 Å². The van der Waals surface area contributed by atoms with Crippen LogP contribution in [0, 0.1) is 17.1 Å². The van der Waals surface area contributed by atoms with E-state index in [4.69, 9.17) is 11.0 Å². The minimum Gasteiger partial charge on any atom is -0.382 e. The summed E-state index contributed by atoms with van der Waals surface area (Å²) >= 11 is 0. The van der Waals surface area contributed by atoms with Crippen LogP contribution in [-0.4, -0.2) is 14.8 Å². The summed E-state index contributed by atoms with van der Waals surface area (Å²) in [7, 11) is 0. The number of nitrogens with zero attached hydrogens (tertiary/aromatic N) is 4. The number of hydrogen-bond donors (Lipinski definition) is 1. The van der Waals surface area contributed by atoms with Crippen LogP contribution in [0.1, 0.15) is 5.56 Å². The van der Waals surface area contributed by atoms with E-state index in [0.717, 1.165) is 0 Å². The SMILES string of the molecule is N#Cc1cnn(-c2ccnc3c(F)cccc23)c1N. The molecule has 3 rings (SSSR count). The van der Waals surface area contributed by atoms with E-state index < -0.39 is 5.82 Å². The van der Waals surface area contributed by atoms with Gasteiger partial charge < -0.3 is 5.73 Å². The average Bonchev–Trinajstić information content (AvgIpc) is 2.80. The van der Waals surface area contributed by atoms with Crippen LogP contribution in [0.5, 0.6) is 0 Å². The molecule has 0 spiro atoms. The molecule has 1 aromatic carbocycles. The highest BCUT2D eigenvalue weighted by Crippen LogP contribution is 2.24. The van der Waals surface area contributed by atoms with E-state index >= 15 is 0 Å². The molecule has 0 aliphatic heterocycles. The fourth-order valence-corrected chi connectivity index (χ4v) is 1.95. The van der Waals surface area contributed by atoms with E-state index in [1.165, 1.54) is 23.1 Å². The molecular formula is C13H8FN5. The summed E-state index contributed by atoms with van der Waals surface area (Å²) in [6.07, 6.45) is 2.86. The number of anilines is 1. The Hall–Kier alpha value is -2.94. The standard InChI is InChI=1S/C13H8FN5/c14-10-3-1-2-9-11(4-5-17-12(9)10)19-13(16)8(6-15)7-18-19/h1-5,7H,16H2. The van der Waals surface area contributed by atoms with Gasteiger partial charge in [-0.1, -0.05) is 12.1 Å². The molecule has 2 aromatic heterocycles. The molecule has 0 aliphatic carbocycles. The maximum absolute atomic E-state index is 13.7. The fraction of sp³-hybridized carbons (Fsp3) is 0. The van der Waals surface area contributed by atoms with Crippen molar-refractivity contribution in [3.63, 3.8) is 0 Å². The summed E-state index contributed by atoms with van der Waals surface area (Å²) < 4.78 is 15.1. The second-order valence-electron chi connectivity index (χ2n) is 3.93. The van der Waals surface area contributed by atoms with Gasteiger partial charge in [0.05, 0.1) is 11.9 Å². The summed E-state index contributed by atoms with van der Waals surface area (Å²) in [6.45, 7) is 0. The molecule has 5 nitrogen and oxygen atoms in total. The van der Waals surface area contributed by atoms with Gasteiger partial charge in [0.25, 0.3) is 0 Å². The molecule has 0 bridgehead atoms. The number of fused-ring (bicyclic) bond motifs is 1. The highest BCUT2D eigenvalue weighted by molar-refractivity contribution is 5.87. The van der Waals surface area contributed by atoms with Crippen molar-refractivity contribution in [2.75, 3.05) is 5.73 Å². The molecule has 92 valence electrons. The number of nitriles is 1. The largest absolute Gasteiger partial charge is 0.382 e. The van der Waals surface area contributed by atoms with Gasteiger partial charge in [-0.25, -0.2) is 9.07 Å². The minimum atomic E-state index is -0.411. The third-order valence-electron chi connectivity index (χ3n) is 2.85. The Labute approximate surface area is 107 Å². The first-order chi connectivity index (χ1) is 9.22. The number of hydrogen-bond acceptors (Lipinski definition) is 4. The Bertz CT molecular complexity index is 816. The zero-order chi connectivity index (χ0) is 13.4.